The van der Waals surface area contributed by atoms with Gasteiger partial charge in [-0.2, -0.15) is 0 Å². The zero-order valence-corrected chi connectivity index (χ0v) is 13.4. The molecule has 2 N–H and O–H groups in total. The SMILES string of the molecule is CC(C)(C(=O)NCC1CCNCC1)c1ccc(F)cc1.Cl. The molecule has 118 valence electrons. The Balaban J connectivity index is 0.00000220. The van der Waals surface area contributed by atoms with Gasteiger partial charge in [0.25, 0.3) is 0 Å². The summed E-state index contributed by atoms with van der Waals surface area (Å²) >= 11 is 0. The molecular weight excluding hydrogens is 291 g/mol. The van der Waals surface area contributed by atoms with E-state index in [4.69, 9.17) is 0 Å². The molecule has 1 saturated heterocycles. The molecule has 1 aliphatic heterocycles. The molecule has 0 radical (unpaired) electrons. The smallest absolute Gasteiger partial charge is 0.230 e. The Morgan fingerprint density at radius 1 is 1.29 bits per heavy atom. The number of hydrogen-bond donors (Lipinski definition) is 2. The average molecular weight is 315 g/mol. The predicted octanol–water partition coefficient (Wildman–Crippen LogP) is 2.64. The Hall–Kier alpha value is -1.13. The highest BCUT2D eigenvalue weighted by atomic mass is 35.5. The molecule has 0 aromatic heterocycles. The topological polar surface area (TPSA) is 41.1 Å². The Bertz CT molecular complexity index is 456. The Labute approximate surface area is 132 Å². The molecule has 0 unspecified atom stereocenters. The predicted molar refractivity (Wildman–Crippen MR) is 85.3 cm³/mol. The minimum atomic E-state index is -0.638. The zero-order chi connectivity index (χ0) is 14.6. The van der Waals surface area contributed by atoms with Gasteiger partial charge in [-0.25, -0.2) is 4.39 Å². The third-order valence-corrected chi connectivity index (χ3v) is 4.14. The van der Waals surface area contributed by atoms with Gasteiger partial charge in [0.15, 0.2) is 0 Å². The van der Waals surface area contributed by atoms with Gasteiger partial charge in [-0.05, 0) is 63.4 Å². The Morgan fingerprint density at radius 2 is 1.86 bits per heavy atom. The van der Waals surface area contributed by atoms with Crippen LogP contribution in [0.4, 0.5) is 4.39 Å². The first kappa shape index (κ1) is 17.9. The lowest BCUT2D eigenvalue weighted by Crippen LogP contribution is -2.43. The first-order valence-electron chi connectivity index (χ1n) is 7.25. The van der Waals surface area contributed by atoms with Crippen molar-refractivity contribution >= 4 is 18.3 Å². The zero-order valence-electron chi connectivity index (χ0n) is 12.6. The van der Waals surface area contributed by atoms with Crippen LogP contribution in [0.25, 0.3) is 0 Å². The summed E-state index contributed by atoms with van der Waals surface area (Å²) in [6.45, 7) is 6.53. The van der Waals surface area contributed by atoms with Gasteiger partial charge in [-0.1, -0.05) is 12.1 Å². The molecule has 0 aliphatic carbocycles. The van der Waals surface area contributed by atoms with Crippen LogP contribution in [0.1, 0.15) is 32.3 Å². The largest absolute Gasteiger partial charge is 0.355 e. The molecule has 0 bridgehead atoms. The maximum Gasteiger partial charge on any atom is 0.230 e. The number of benzene rings is 1. The second kappa shape index (κ2) is 7.76. The first-order valence-corrected chi connectivity index (χ1v) is 7.25. The van der Waals surface area contributed by atoms with Crippen LogP contribution in [-0.2, 0) is 10.2 Å². The van der Waals surface area contributed by atoms with E-state index >= 15 is 0 Å². The molecule has 1 aromatic rings. The van der Waals surface area contributed by atoms with Crippen molar-refractivity contribution in [2.45, 2.75) is 32.1 Å². The summed E-state index contributed by atoms with van der Waals surface area (Å²) in [5.74, 6) is 0.284. The van der Waals surface area contributed by atoms with E-state index in [0.717, 1.165) is 38.0 Å². The van der Waals surface area contributed by atoms with Crippen LogP contribution in [0.5, 0.6) is 0 Å². The van der Waals surface area contributed by atoms with E-state index in [0.29, 0.717) is 5.92 Å². The van der Waals surface area contributed by atoms with E-state index in [1.165, 1.54) is 12.1 Å². The fraction of sp³-hybridized carbons (Fsp3) is 0.562. The molecule has 1 heterocycles. The van der Waals surface area contributed by atoms with Crippen LogP contribution in [0, 0.1) is 11.7 Å². The number of halogens is 2. The molecule has 0 spiro atoms. The summed E-state index contributed by atoms with van der Waals surface area (Å²) in [6, 6.07) is 6.16. The third-order valence-electron chi connectivity index (χ3n) is 4.14. The molecule has 1 amide bonds. The lowest BCUT2D eigenvalue weighted by Gasteiger charge is -2.27. The summed E-state index contributed by atoms with van der Waals surface area (Å²) in [5.41, 5.74) is 0.197. The van der Waals surface area contributed by atoms with Crippen LogP contribution in [-0.4, -0.2) is 25.5 Å². The van der Waals surface area contributed by atoms with Crippen molar-refractivity contribution < 1.29 is 9.18 Å². The lowest BCUT2D eigenvalue weighted by atomic mass is 9.83. The number of amides is 1. The lowest BCUT2D eigenvalue weighted by molar-refractivity contribution is -0.125. The van der Waals surface area contributed by atoms with E-state index in [9.17, 15) is 9.18 Å². The number of rotatable bonds is 4. The summed E-state index contributed by atoms with van der Waals surface area (Å²) in [4.78, 5) is 12.4. The van der Waals surface area contributed by atoms with E-state index in [1.807, 2.05) is 13.8 Å². The molecular formula is C16H24ClFN2O. The number of carbonyl (C=O) groups is 1. The molecule has 3 nitrogen and oxygen atoms in total. The fourth-order valence-corrected chi connectivity index (χ4v) is 2.54. The van der Waals surface area contributed by atoms with E-state index in [-0.39, 0.29) is 24.1 Å². The van der Waals surface area contributed by atoms with Crippen LogP contribution >= 0.6 is 12.4 Å². The molecule has 5 heteroatoms. The second-order valence-electron chi connectivity index (χ2n) is 6.04. The average Bonchev–Trinajstić information content (AvgIpc) is 2.46. The van der Waals surface area contributed by atoms with Gasteiger partial charge >= 0.3 is 0 Å². The van der Waals surface area contributed by atoms with Gasteiger partial charge in [0.1, 0.15) is 5.82 Å². The number of carbonyl (C=O) groups excluding carboxylic acids is 1. The van der Waals surface area contributed by atoms with E-state index in [1.54, 1.807) is 12.1 Å². The maximum absolute atomic E-state index is 13.0. The Morgan fingerprint density at radius 3 is 2.43 bits per heavy atom. The molecule has 1 fully saturated rings. The van der Waals surface area contributed by atoms with Crippen molar-refractivity contribution in [1.82, 2.24) is 10.6 Å². The first-order chi connectivity index (χ1) is 9.50. The quantitative estimate of drug-likeness (QED) is 0.897. The van der Waals surface area contributed by atoms with Crippen LogP contribution in [0.3, 0.4) is 0 Å². The molecule has 21 heavy (non-hydrogen) atoms. The summed E-state index contributed by atoms with van der Waals surface area (Å²) < 4.78 is 13.0. The van der Waals surface area contributed by atoms with Crippen LogP contribution in [0.2, 0.25) is 0 Å². The van der Waals surface area contributed by atoms with Crippen LogP contribution in [0.15, 0.2) is 24.3 Å². The molecule has 0 atom stereocenters. The molecule has 0 saturated carbocycles. The van der Waals surface area contributed by atoms with Crippen molar-refractivity contribution in [3.05, 3.63) is 35.6 Å². The molecule has 1 aliphatic rings. The van der Waals surface area contributed by atoms with Gasteiger partial charge in [-0.3, -0.25) is 4.79 Å². The molecule has 2 rings (SSSR count). The van der Waals surface area contributed by atoms with Gasteiger partial charge in [0.05, 0.1) is 5.41 Å². The number of nitrogens with one attached hydrogen (secondary N) is 2. The monoisotopic (exact) mass is 314 g/mol. The van der Waals surface area contributed by atoms with Crippen LogP contribution < -0.4 is 10.6 Å². The maximum atomic E-state index is 13.0. The Kier molecular flexibility index (Phi) is 6.62. The summed E-state index contributed by atoms with van der Waals surface area (Å²) in [5, 5.41) is 6.36. The summed E-state index contributed by atoms with van der Waals surface area (Å²) in [7, 11) is 0. The fourth-order valence-electron chi connectivity index (χ4n) is 2.54. The van der Waals surface area contributed by atoms with Crippen molar-refractivity contribution in [2.24, 2.45) is 5.92 Å². The van der Waals surface area contributed by atoms with Crippen molar-refractivity contribution in [3.63, 3.8) is 0 Å². The van der Waals surface area contributed by atoms with Crippen molar-refractivity contribution in [1.29, 1.82) is 0 Å². The van der Waals surface area contributed by atoms with Gasteiger partial charge in [0.2, 0.25) is 5.91 Å². The van der Waals surface area contributed by atoms with Crippen molar-refractivity contribution in [2.75, 3.05) is 19.6 Å². The minimum absolute atomic E-state index is 0. The van der Waals surface area contributed by atoms with Gasteiger partial charge < -0.3 is 10.6 Å². The highest BCUT2D eigenvalue weighted by Gasteiger charge is 2.30. The highest BCUT2D eigenvalue weighted by molar-refractivity contribution is 5.87. The van der Waals surface area contributed by atoms with Gasteiger partial charge in [-0.15, -0.1) is 12.4 Å². The minimum Gasteiger partial charge on any atom is -0.355 e. The summed E-state index contributed by atoms with van der Waals surface area (Å²) in [6.07, 6.45) is 2.22. The number of piperidine rings is 1. The van der Waals surface area contributed by atoms with E-state index < -0.39 is 5.41 Å². The standard InChI is InChI=1S/C16H23FN2O.ClH/c1-16(2,13-3-5-14(17)6-4-13)15(20)19-11-12-7-9-18-10-8-12;/h3-6,12,18H,7-11H2,1-2H3,(H,19,20);1H. The normalized spacial score (nSPS) is 16.1. The highest BCUT2D eigenvalue weighted by Crippen LogP contribution is 2.24. The van der Waals surface area contributed by atoms with E-state index in [2.05, 4.69) is 10.6 Å². The third kappa shape index (κ3) is 4.68. The number of hydrogen-bond acceptors (Lipinski definition) is 2. The molecule has 1 aromatic carbocycles. The van der Waals surface area contributed by atoms with Gasteiger partial charge in [0, 0.05) is 6.54 Å². The second-order valence-corrected chi connectivity index (χ2v) is 6.04. The van der Waals surface area contributed by atoms with Crippen molar-refractivity contribution in [3.8, 4) is 0 Å².